The molecule has 0 aliphatic carbocycles. The third kappa shape index (κ3) is 6.32. The zero-order chi connectivity index (χ0) is 18.2. The monoisotopic (exact) mass is 332 g/mol. The molecule has 0 aliphatic rings. The van der Waals surface area contributed by atoms with Crippen LogP contribution in [0.2, 0.25) is 0 Å². The maximum atomic E-state index is 11.7. The van der Waals surface area contributed by atoms with E-state index in [1.165, 1.54) is 6.92 Å². The fraction of sp³-hybridized carbons (Fsp3) is 0.615. The molecule has 0 saturated heterocycles. The van der Waals surface area contributed by atoms with Crippen molar-refractivity contribution in [2.75, 3.05) is 20.8 Å². The predicted molar refractivity (Wildman–Crippen MR) is 74.4 cm³/mol. The van der Waals surface area contributed by atoms with Crippen molar-refractivity contribution in [3.8, 4) is 0 Å². The lowest BCUT2D eigenvalue weighted by atomic mass is 9.87. The molecule has 0 bridgehead atoms. The number of rotatable bonds is 8. The van der Waals surface area contributed by atoms with E-state index in [1.807, 2.05) is 0 Å². The van der Waals surface area contributed by atoms with E-state index in [2.05, 4.69) is 19.5 Å². The summed E-state index contributed by atoms with van der Waals surface area (Å²) in [6.07, 6.45) is 0. The zero-order valence-electron chi connectivity index (χ0n) is 13.3. The molecule has 0 fully saturated rings. The number of carbonyl (C=O) groups excluding carboxylic acids is 5. The van der Waals surface area contributed by atoms with Crippen LogP contribution in [0.4, 0.5) is 0 Å². The average Bonchev–Trinajstić information content (AvgIpc) is 2.49. The highest BCUT2D eigenvalue weighted by Crippen LogP contribution is 2.19. The summed E-state index contributed by atoms with van der Waals surface area (Å²) >= 11 is 0. The SMILES string of the molecule is COC(=O)C(C(=O)OC)[C@H](C)[C@@H](NC(=O)COC(C)=O)C(N)=O. The number of methoxy groups -OCH3 is 2. The lowest BCUT2D eigenvalue weighted by Crippen LogP contribution is -2.53. The molecule has 0 aromatic carbocycles. The lowest BCUT2D eigenvalue weighted by Gasteiger charge is -2.26. The second kappa shape index (κ2) is 9.38. The number of amides is 2. The van der Waals surface area contributed by atoms with Gasteiger partial charge in [0.05, 0.1) is 14.2 Å². The van der Waals surface area contributed by atoms with Crippen molar-refractivity contribution in [1.29, 1.82) is 0 Å². The maximum Gasteiger partial charge on any atom is 0.320 e. The van der Waals surface area contributed by atoms with Gasteiger partial charge >= 0.3 is 17.9 Å². The Kier molecular flexibility index (Phi) is 8.30. The standard InChI is InChI=1S/C13H20N2O8/c1-6(9(12(19)21-3)13(20)22-4)10(11(14)18)15-8(17)5-23-7(2)16/h6,9-10H,5H2,1-4H3,(H2,14,18)(H,15,17)/t6-,10+/m0/s1. The van der Waals surface area contributed by atoms with Gasteiger partial charge in [-0.2, -0.15) is 0 Å². The van der Waals surface area contributed by atoms with E-state index in [0.29, 0.717) is 0 Å². The average molecular weight is 332 g/mol. The summed E-state index contributed by atoms with van der Waals surface area (Å²) in [5.41, 5.74) is 5.20. The summed E-state index contributed by atoms with van der Waals surface area (Å²) in [7, 11) is 2.12. The minimum Gasteiger partial charge on any atom is -0.468 e. The third-order valence-corrected chi connectivity index (χ3v) is 2.99. The molecular weight excluding hydrogens is 312 g/mol. The van der Waals surface area contributed by atoms with Gasteiger partial charge in [-0.25, -0.2) is 0 Å². The first-order chi connectivity index (χ1) is 10.6. The van der Waals surface area contributed by atoms with Crippen molar-refractivity contribution >= 4 is 29.7 Å². The Morgan fingerprint density at radius 2 is 1.52 bits per heavy atom. The third-order valence-electron chi connectivity index (χ3n) is 2.99. The number of hydrogen-bond donors (Lipinski definition) is 2. The molecule has 0 spiro atoms. The van der Waals surface area contributed by atoms with Crippen LogP contribution < -0.4 is 11.1 Å². The molecule has 3 N–H and O–H groups in total. The molecule has 0 aromatic heterocycles. The summed E-state index contributed by atoms with van der Waals surface area (Å²) < 4.78 is 13.5. The highest BCUT2D eigenvalue weighted by molar-refractivity contribution is 5.97. The molecule has 10 nitrogen and oxygen atoms in total. The molecule has 0 saturated carbocycles. The molecule has 0 aliphatic heterocycles. The molecule has 0 unspecified atom stereocenters. The Bertz CT molecular complexity index is 474. The number of nitrogens with one attached hydrogen (secondary N) is 1. The van der Waals surface area contributed by atoms with Crippen LogP contribution in [0.1, 0.15) is 13.8 Å². The molecular formula is C13H20N2O8. The predicted octanol–water partition coefficient (Wildman–Crippen LogP) is -1.88. The van der Waals surface area contributed by atoms with E-state index in [9.17, 15) is 24.0 Å². The highest BCUT2D eigenvalue weighted by atomic mass is 16.5. The normalized spacial score (nSPS) is 12.7. The van der Waals surface area contributed by atoms with Crippen LogP contribution in [0.25, 0.3) is 0 Å². The van der Waals surface area contributed by atoms with Gasteiger partial charge in [0, 0.05) is 12.8 Å². The maximum absolute atomic E-state index is 11.7. The molecule has 0 heterocycles. The van der Waals surface area contributed by atoms with E-state index < -0.39 is 54.2 Å². The van der Waals surface area contributed by atoms with Gasteiger partial charge in [0.25, 0.3) is 5.91 Å². The quantitative estimate of drug-likeness (QED) is 0.298. The van der Waals surface area contributed by atoms with Crippen LogP contribution in [0.3, 0.4) is 0 Å². The van der Waals surface area contributed by atoms with E-state index >= 15 is 0 Å². The van der Waals surface area contributed by atoms with Gasteiger partial charge in [-0.3, -0.25) is 24.0 Å². The van der Waals surface area contributed by atoms with Crippen molar-refractivity contribution in [1.82, 2.24) is 5.32 Å². The fourth-order valence-electron chi connectivity index (χ4n) is 1.82. The van der Waals surface area contributed by atoms with E-state index in [0.717, 1.165) is 21.1 Å². The second-order valence-electron chi connectivity index (χ2n) is 4.61. The topological polar surface area (TPSA) is 151 Å². The molecule has 2 amide bonds. The van der Waals surface area contributed by atoms with E-state index in [1.54, 1.807) is 0 Å². The number of primary amides is 1. The number of hydrogen-bond acceptors (Lipinski definition) is 8. The van der Waals surface area contributed by atoms with Gasteiger partial charge < -0.3 is 25.3 Å². The fourth-order valence-corrected chi connectivity index (χ4v) is 1.82. The van der Waals surface area contributed by atoms with Gasteiger partial charge in [0.1, 0.15) is 6.04 Å². The van der Waals surface area contributed by atoms with E-state index in [-0.39, 0.29) is 0 Å². The molecule has 0 radical (unpaired) electrons. The summed E-state index contributed by atoms with van der Waals surface area (Å²) in [5.74, 6) is -6.87. The molecule has 0 rings (SSSR count). The van der Waals surface area contributed by atoms with Crippen molar-refractivity contribution in [2.24, 2.45) is 17.6 Å². The van der Waals surface area contributed by atoms with Crippen molar-refractivity contribution in [3.63, 3.8) is 0 Å². The number of esters is 3. The van der Waals surface area contributed by atoms with Gasteiger partial charge in [-0.1, -0.05) is 6.92 Å². The minimum absolute atomic E-state index is 0.632. The first kappa shape index (κ1) is 20.3. The lowest BCUT2D eigenvalue weighted by molar-refractivity contribution is -0.162. The van der Waals surface area contributed by atoms with Crippen LogP contribution >= 0.6 is 0 Å². The largest absolute Gasteiger partial charge is 0.468 e. The minimum atomic E-state index is -1.46. The number of carbonyl (C=O) groups is 5. The Morgan fingerprint density at radius 1 is 1.04 bits per heavy atom. The molecule has 130 valence electrons. The van der Waals surface area contributed by atoms with Gasteiger partial charge in [-0.15, -0.1) is 0 Å². The Balaban J connectivity index is 5.21. The van der Waals surface area contributed by atoms with Crippen molar-refractivity contribution < 1.29 is 38.2 Å². The van der Waals surface area contributed by atoms with Crippen molar-refractivity contribution in [2.45, 2.75) is 19.9 Å². The second-order valence-corrected chi connectivity index (χ2v) is 4.61. The van der Waals surface area contributed by atoms with Gasteiger partial charge in [-0.05, 0) is 0 Å². The Morgan fingerprint density at radius 3 is 1.87 bits per heavy atom. The number of ether oxygens (including phenoxy) is 3. The summed E-state index contributed by atoms with van der Waals surface area (Å²) in [5, 5.41) is 2.20. The smallest absolute Gasteiger partial charge is 0.320 e. The van der Waals surface area contributed by atoms with Crippen LogP contribution in [-0.2, 0) is 38.2 Å². The Hall–Kier alpha value is -2.65. The first-order valence-corrected chi connectivity index (χ1v) is 6.53. The molecule has 10 heteroatoms. The van der Waals surface area contributed by atoms with Gasteiger partial charge in [0.2, 0.25) is 5.91 Å². The zero-order valence-corrected chi connectivity index (χ0v) is 13.3. The highest BCUT2D eigenvalue weighted by Gasteiger charge is 2.41. The molecule has 0 aromatic rings. The van der Waals surface area contributed by atoms with Crippen LogP contribution in [0, 0.1) is 11.8 Å². The van der Waals surface area contributed by atoms with Gasteiger partial charge in [0.15, 0.2) is 12.5 Å². The van der Waals surface area contributed by atoms with Crippen LogP contribution in [-0.4, -0.2) is 56.6 Å². The first-order valence-electron chi connectivity index (χ1n) is 6.53. The molecule has 23 heavy (non-hydrogen) atoms. The molecule has 2 atom stereocenters. The van der Waals surface area contributed by atoms with Crippen LogP contribution in [0.5, 0.6) is 0 Å². The summed E-state index contributed by atoms with van der Waals surface area (Å²) in [6, 6.07) is -1.37. The summed E-state index contributed by atoms with van der Waals surface area (Å²) in [6.45, 7) is 1.82. The van der Waals surface area contributed by atoms with Crippen molar-refractivity contribution in [3.05, 3.63) is 0 Å². The van der Waals surface area contributed by atoms with Crippen LogP contribution in [0.15, 0.2) is 0 Å². The summed E-state index contributed by atoms with van der Waals surface area (Å²) in [4.78, 5) is 57.3. The van der Waals surface area contributed by atoms with E-state index in [4.69, 9.17) is 5.73 Å². The Labute approximate surface area is 132 Å². The number of nitrogens with two attached hydrogens (primary N) is 1.